The Labute approximate surface area is 222 Å². The summed E-state index contributed by atoms with van der Waals surface area (Å²) in [6, 6.07) is 18.4. The molecule has 0 atom stereocenters. The fourth-order valence-corrected chi connectivity index (χ4v) is 5.71. The van der Waals surface area contributed by atoms with Crippen molar-refractivity contribution in [1.82, 2.24) is 4.98 Å². The van der Waals surface area contributed by atoms with Crippen LogP contribution in [0.3, 0.4) is 0 Å². The molecule has 0 aliphatic heterocycles. The van der Waals surface area contributed by atoms with Gasteiger partial charge >= 0.3 is 11.3 Å². The van der Waals surface area contributed by atoms with E-state index in [9.17, 15) is 9.59 Å². The van der Waals surface area contributed by atoms with Crippen LogP contribution < -0.4 is 22.7 Å². The van der Waals surface area contributed by atoms with Crippen molar-refractivity contribution in [3.8, 4) is 10.6 Å². The Hall–Kier alpha value is -4.43. The summed E-state index contributed by atoms with van der Waals surface area (Å²) >= 11 is 1.52. The third kappa shape index (κ3) is 4.66. The number of benzene rings is 3. The zero-order chi connectivity index (χ0) is 27.0. The molecule has 0 fully saturated rings. The quantitative estimate of drug-likeness (QED) is 0.201. The number of anilines is 2. The number of para-hydroxylation sites is 1. The molecule has 0 aliphatic carbocycles. The van der Waals surface area contributed by atoms with Gasteiger partial charge in [-0.05, 0) is 66.8 Å². The smallest absolute Gasteiger partial charge is 0.346 e. The molecule has 0 saturated heterocycles. The highest BCUT2D eigenvalue weighted by molar-refractivity contribution is 7.21. The molecule has 0 unspecified atom stereocenters. The molecule has 0 amide bonds. The zero-order valence-electron chi connectivity index (χ0n) is 21.3. The van der Waals surface area contributed by atoms with E-state index in [0.29, 0.717) is 33.1 Å². The monoisotopic (exact) mass is 525 g/mol. The summed E-state index contributed by atoms with van der Waals surface area (Å²) in [6.45, 7) is 6.01. The van der Waals surface area contributed by atoms with E-state index in [4.69, 9.17) is 20.3 Å². The molecule has 7 nitrogen and oxygen atoms in total. The number of nitrogens with two attached hydrogens (primary N) is 2. The van der Waals surface area contributed by atoms with E-state index < -0.39 is 0 Å². The Kier molecular flexibility index (Phi) is 6.73. The van der Waals surface area contributed by atoms with Gasteiger partial charge in [0.05, 0.1) is 15.8 Å². The van der Waals surface area contributed by atoms with Gasteiger partial charge in [0.15, 0.2) is 0 Å². The fourth-order valence-electron chi connectivity index (χ4n) is 4.69. The Morgan fingerprint density at radius 1 is 0.868 bits per heavy atom. The number of aromatic nitrogens is 1. The second-order valence-corrected chi connectivity index (χ2v) is 10.0. The average molecular weight is 526 g/mol. The number of fused-ring (bicyclic) bond motifs is 3. The van der Waals surface area contributed by atoms with Crippen LogP contribution in [0.4, 0.5) is 11.4 Å². The van der Waals surface area contributed by atoms with Crippen LogP contribution in [0.1, 0.15) is 30.5 Å². The van der Waals surface area contributed by atoms with Crippen LogP contribution in [0.2, 0.25) is 0 Å². The minimum Gasteiger partial charge on any atom is -0.423 e. The lowest BCUT2D eigenvalue weighted by Gasteiger charge is -2.12. The van der Waals surface area contributed by atoms with Crippen molar-refractivity contribution >= 4 is 54.9 Å². The molecule has 8 heteroatoms. The first-order valence-electron chi connectivity index (χ1n) is 12.3. The standard InChI is InChI=1S/C20H18N2O2S.C10H9NO2/c1-3-11-9-12(21)10-15-17(11)13(4-2)18(20(23)24-15)19-22-14-7-5-6-8-16(14)25-19;1-6-4-10(12)13-9-5-7(11)2-3-8(6)9/h5-10H,3-4,21H2,1-2H3;2-5H,11H2,1H3. The number of rotatable bonds is 3. The van der Waals surface area contributed by atoms with Crippen molar-refractivity contribution in [2.45, 2.75) is 33.6 Å². The maximum absolute atomic E-state index is 12.8. The van der Waals surface area contributed by atoms with Gasteiger partial charge in [-0.3, -0.25) is 0 Å². The highest BCUT2D eigenvalue weighted by atomic mass is 32.1. The molecule has 0 saturated carbocycles. The van der Waals surface area contributed by atoms with Crippen molar-refractivity contribution in [2.75, 3.05) is 11.5 Å². The maximum atomic E-state index is 12.8. The third-order valence-corrected chi connectivity index (χ3v) is 7.49. The minimum atomic E-state index is -0.351. The normalized spacial score (nSPS) is 11.1. The summed E-state index contributed by atoms with van der Waals surface area (Å²) in [5.41, 5.74) is 17.6. The van der Waals surface area contributed by atoms with Gasteiger partial charge in [0, 0.05) is 40.3 Å². The molecule has 6 aromatic rings. The van der Waals surface area contributed by atoms with Gasteiger partial charge in [-0.2, -0.15) is 0 Å². The molecule has 3 aromatic heterocycles. The van der Waals surface area contributed by atoms with E-state index in [2.05, 4.69) is 18.8 Å². The highest BCUT2D eigenvalue weighted by Crippen LogP contribution is 2.35. The van der Waals surface area contributed by atoms with E-state index in [1.54, 1.807) is 18.2 Å². The van der Waals surface area contributed by atoms with Crippen LogP contribution in [0, 0.1) is 6.92 Å². The minimum absolute atomic E-state index is 0.337. The van der Waals surface area contributed by atoms with Crippen LogP contribution in [-0.2, 0) is 12.8 Å². The number of nitrogen functional groups attached to an aromatic ring is 2. The largest absolute Gasteiger partial charge is 0.423 e. The summed E-state index contributed by atoms with van der Waals surface area (Å²) in [6.07, 6.45) is 1.55. The van der Waals surface area contributed by atoms with Gasteiger partial charge in [0.2, 0.25) is 0 Å². The first-order valence-corrected chi connectivity index (χ1v) is 13.1. The summed E-state index contributed by atoms with van der Waals surface area (Å²) in [5, 5.41) is 2.63. The lowest BCUT2D eigenvalue weighted by molar-refractivity contribution is 0.560. The van der Waals surface area contributed by atoms with E-state index in [0.717, 1.165) is 50.5 Å². The second-order valence-electron chi connectivity index (χ2n) is 8.99. The number of nitrogens with zero attached hydrogens (tertiary/aromatic N) is 1. The van der Waals surface area contributed by atoms with Crippen molar-refractivity contribution in [3.05, 3.63) is 98.2 Å². The highest BCUT2D eigenvalue weighted by Gasteiger charge is 2.20. The van der Waals surface area contributed by atoms with Crippen molar-refractivity contribution in [3.63, 3.8) is 0 Å². The molecule has 0 spiro atoms. The first kappa shape index (κ1) is 25.2. The molecular weight excluding hydrogens is 498 g/mol. The van der Waals surface area contributed by atoms with Gasteiger partial charge in [-0.1, -0.05) is 26.0 Å². The number of hydrogen-bond acceptors (Lipinski definition) is 8. The predicted octanol–water partition coefficient (Wildman–Crippen LogP) is 6.46. The molecular formula is C30H27N3O4S. The van der Waals surface area contributed by atoms with E-state index in [-0.39, 0.29) is 11.3 Å². The van der Waals surface area contributed by atoms with Gasteiger partial charge in [0.25, 0.3) is 0 Å². The molecule has 0 aliphatic rings. The second kappa shape index (κ2) is 10.1. The van der Waals surface area contributed by atoms with Crippen molar-refractivity contribution < 1.29 is 8.83 Å². The lowest BCUT2D eigenvalue weighted by Crippen LogP contribution is -2.09. The summed E-state index contributed by atoms with van der Waals surface area (Å²) < 4.78 is 11.7. The molecule has 3 heterocycles. The van der Waals surface area contributed by atoms with E-state index >= 15 is 0 Å². The molecule has 3 aromatic carbocycles. The van der Waals surface area contributed by atoms with Crippen LogP contribution in [-0.4, -0.2) is 4.98 Å². The summed E-state index contributed by atoms with van der Waals surface area (Å²) in [7, 11) is 0. The number of thiazole rings is 1. The topological polar surface area (TPSA) is 125 Å². The van der Waals surface area contributed by atoms with Crippen LogP contribution in [0.15, 0.2) is 79.1 Å². The molecule has 0 radical (unpaired) electrons. The van der Waals surface area contributed by atoms with Crippen LogP contribution in [0.25, 0.3) is 42.7 Å². The van der Waals surface area contributed by atoms with Gasteiger partial charge in [-0.25, -0.2) is 14.6 Å². The first-order chi connectivity index (χ1) is 18.3. The molecule has 38 heavy (non-hydrogen) atoms. The third-order valence-electron chi connectivity index (χ3n) is 6.43. The van der Waals surface area contributed by atoms with Crippen molar-refractivity contribution in [2.24, 2.45) is 0 Å². The van der Waals surface area contributed by atoms with Crippen LogP contribution >= 0.6 is 11.3 Å². The molecule has 6 rings (SSSR count). The lowest BCUT2D eigenvalue weighted by atomic mass is 9.96. The van der Waals surface area contributed by atoms with E-state index in [1.165, 1.54) is 17.4 Å². The Bertz CT molecular complexity index is 1900. The Balaban J connectivity index is 0.000000190. The van der Waals surface area contributed by atoms with Gasteiger partial charge in [-0.15, -0.1) is 11.3 Å². The number of aryl methyl sites for hydroxylation is 3. The zero-order valence-corrected chi connectivity index (χ0v) is 22.1. The van der Waals surface area contributed by atoms with Crippen LogP contribution in [0.5, 0.6) is 0 Å². The molecule has 192 valence electrons. The summed E-state index contributed by atoms with van der Waals surface area (Å²) in [5.74, 6) is 0. The van der Waals surface area contributed by atoms with E-state index in [1.807, 2.05) is 43.3 Å². The van der Waals surface area contributed by atoms with Gasteiger partial charge in [0.1, 0.15) is 16.2 Å². The molecule has 4 N–H and O–H groups in total. The van der Waals surface area contributed by atoms with Gasteiger partial charge < -0.3 is 20.3 Å². The maximum Gasteiger partial charge on any atom is 0.346 e. The predicted molar refractivity (Wildman–Crippen MR) is 156 cm³/mol. The Morgan fingerprint density at radius 2 is 1.63 bits per heavy atom. The van der Waals surface area contributed by atoms with Crippen molar-refractivity contribution in [1.29, 1.82) is 0 Å². The molecule has 0 bridgehead atoms. The number of hydrogen-bond donors (Lipinski definition) is 2. The average Bonchev–Trinajstić information content (AvgIpc) is 3.30. The SMILES string of the molecule is CCc1cc(N)cc2oc(=O)c(-c3nc4ccccc4s3)c(CC)c12.Cc1cc(=O)oc2cc(N)ccc12. The Morgan fingerprint density at radius 3 is 2.37 bits per heavy atom. The summed E-state index contributed by atoms with van der Waals surface area (Å²) in [4.78, 5) is 28.4. The fraction of sp³-hybridized carbons (Fsp3) is 0.167.